The first kappa shape index (κ1) is 22.3. The van der Waals surface area contributed by atoms with E-state index in [2.05, 4.69) is 5.32 Å². The lowest BCUT2D eigenvalue weighted by atomic mass is 9.78. The van der Waals surface area contributed by atoms with E-state index < -0.39 is 23.8 Å². The number of nitrogens with one attached hydrogen (secondary N) is 1. The third-order valence-electron chi connectivity index (χ3n) is 5.33. The summed E-state index contributed by atoms with van der Waals surface area (Å²) in [7, 11) is 0. The molecule has 8 heteroatoms. The summed E-state index contributed by atoms with van der Waals surface area (Å²) in [4.78, 5) is 38.2. The Kier molecular flexibility index (Phi) is 7.15. The van der Waals surface area contributed by atoms with E-state index in [0.717, 1.165) is 23.3 Å². The van der Waals surface area contributed by atoms with Gasteiger partial charge in [0.1, 0.15) is 10.6 Å². The van der Waals surface area contributed by atoms with Crippen molar-refractivity contribution in [2.75, 3.05) is 11.9 Å². The third kappa shape index (κ3) is 4.68. The highest BCUT2D eigenvalue weighted by Crippen LogP contribution is 2.42. The van der Waals surface area contributed by atoms with Gasteiger partial charge >= 0.3 is 11.9 Å². The van der Waals surface area contributed by atoms with Crippen LogP contribution in [0.2, 0.25) is 5.02 Å². The van der Waals surface area contributed by atoms with Crippen molar-refractivity contribution in [3.8, 4) is 11.1 Å². The number of hydrogen-bond donors (Lipinski definition) is 2. The van der Waals surface area contributed by atoms with E-state index >= 15 is 0 Å². The normalized spacial score (nSPS) is 18.6. The number of esters is 1. The number of hydrogen-bond acceptors (Lipinski definition) is 5. The second-order valence-corrected chi connectivity index (χ2v) is 8.95. The number of aryl methyl sites for hydroxylation is 1. The number of carbonyl (C=O) groups is 3. The molecule has 0 bridgehead atoms. The van der Waals surface area contributed by atoms with Gasteiger partial charge in [0.05, 0.1) is 18.4 Å². The molecule has 2 atom stereocenters. The summed E-state index contributed by atoms with van der Waals surface area (Å²) in [5, 5.41) is 13.2. The lowest BCUT2D eigenvalue weighted by molar-refractivity contribution is -0.147. The van der Waals surface area contributed by atoms with Gasteiger partial charge in [0, 0.05) is 15.5 Å². The van der Waals surface area contributed by atoms with Gasteiger partial charge in [-0.2, -0.15) is 0 Å². The summed E-state index contributed by atoms with van der Waals surface area (Å²) >= 11 is 7.41. The van der Waals surface area contributed by atoms with Gasteiger partial charge in [0.25, 0.3) is 0 Å². The molecule has 1 saturated carbocycles. The molecule has 160 valence electrons. The number of halogens is 1. The van der Waals surface area contributed by atoms with Crippen LogP contribution in [0, 0.1) is 18.8 Å². The highest BCUT2D eigenvalue weighted by molar-refractivity contribution is 7.17. The van der Waals surface area contributed by atoms with E-state index in [1.54, 1.807) is 25.1 Å². The van der Waals surface area contributed by atoms with Gasteiger partial charge in [-0.3, -0.25) is 9.59 Å². The van der Waals surface area contributed by atoms with E-state index in [1.807, 2.05) is 13.0 Å². The molecule has 1 aromatic carbocycles. The van der Waals surface area contributed by atoms with Crippen LogP contribution in [0.3, 0.4) is 0 Å². The predicted molar refractivity (Wildman–Crippen MR) is 117 cm³/mol. The van der Waals surface area contributed by atoms with Crippen molar-refractivity contribution in [2.45, 2.75) is 39.5 Å². The maximum Gasteiger partial charge on any atom is 0.341 e. The molecule has 1 heterocycles. The summed E-state index contributed by atoms with van der Waals surface area (Å²) in [6.45, 7) is 3.77. The molecule has 30 heavy (non-hydrogen) atoms. The molecular weight excluding hydrogens is 426 g/mol. The Morgan fingerprint density at radius 3 is 2.57 bits per heavy atom. The van der Waals surface area contributed by atoms with Crippen LogP contribution >= 0.6 is 22.9 Å². The molecule has 1 fully saturated rings. The number of amides is 1. The number of ether oxygens (including phenoxy) is 1. The molecule has 2 N–H and O–H groups in total. The van der Waals surface area contributed by atoms with Crippen molar-refractivity contribution in [2.24, 2.45) is 11.8 Å². The minimum absolute atomic E-state index is 0.194. The van der Waals surface area contributed by atoms with E-state index in [4.69, 9.17) is 16.3 Å². The SMILES string of the molecule is CCOC(=O)c1c(NC(=O)[C@H]2CCCC[C@H]2C(=O)O)sc(C)c1-c1cccc(Cl)c1. The summed E-state index contributed by atoms with van der Waals surface area (Å²) < 4.78 is 5.25. The number of carboxylic acid groups (broad SMARTS) is 1. The fourth-order valence-electron chi connectivity index (χ4n) is 3.97. The molecule has 0 saturated heterocycles. The fraction of sp³-hybridized carbons (Fsp3) is 0.409. The van der Waals surface area contributed by atoms with Crippen molar-refractivity contribution >= 4 is 45.8 Å². The largest absolute Gasteiger partial charge is 0.481 e. The van der Waals surface area contributed by atoms with Crippen LogP contribution in [0.15, 0.2) is 24.3 Å². The molecule has 0 unspecified atom stereocenters. The molecule has 0 aliphatic heterocycles. The standard InChI is InChI=1S/C22H24ClNO5S/c1-3-29-22(28)18-17(13-7-6-8-14(23)11-13)12(2)30-20(18)24-19(25)15-9-4-5-10-16(15)21(26)27/h6-8,11,15-16H,3-5,9-10H2,1-2H3,(H,24,25)(H,26,27)/t15-,16+/m0/s1. The van der Waals surface area contributed by atoms with Crippen molar-refractivity contribution in [3.63, 3.8) is 0 Å². The van der Waals surface area contributed by atoms with Crippen LogP contribution in [-0.2, 0) is 14.3 Å². The van der Waals surface area contributed by atoms with Gasteiger partial charge in [-0.1, -0.05) is 36.6 Å². The molecular formula is C22H24ClNO5S. The Bertz CT molecular complexity index is 970. The first-order valence-corrected chi connectivity index (χ1v) is 11.1. The first-order valence-electron chi connectivity index (χ1n) is 9.93. The molecule has 0 spiro atoms. The van der Waals surface area contributed by atoms with Gasteiger partial charge in [-0.25, -0.2) is 4.79 Å². The summed E-state index contributed by atoms with van der Waals surface area (Å²) in [6.07, 6.45) is 2.61. The predicted octanol–water partition coefficient (Wildman–Crippen LogP) is 5.38. The average Bonchev–Trinajstić information content (AvgIpc) is 3.03. The summed E-state index contributed by atoms with van der Waals surface area (Å²) in [6, 6.07) is 7.14. The molecule has 3 rings (SSSR count). The summed E-state index contributed by atoms with van der Waals surface area (Å²) in [5.74, 6) is -3.19. The lowest BCUT2D eigenvalue weighted by Gasteiger charge is -2.27. The van der Waals surface area contributed by atoms with Crippen LogP contribution in [0.5, 0.6) is 0 Å². The monoisotopic (exact) mass is 449 g/mol. The Balaban J connectivity index is 2.00. The number of thiophene rings is 1. The van der Waals surface area contributed by atoms with E-state index in [9.17, 15) is 19.5 Å². The van der Waals surface area contributed by atoms with Gasteiger partial charge in [0.15, 0.2) is 0 Å². The smallest absolute Gasteiger partial charge is 0.341 e. The van der Waals surface area contributed by atoms with Gasteiger partial charge in [-0.15, -0.1) is 11.3 Å². The second kappa shape index (κ2) is 9.62. The number of rotatable bonds is 6. The lowest BCUT2D eigenvalue weighted by Crippen LogP contribution is -2.36. The van der Waals surface area contributed by atoms with Crippen LogP contribution in [0.4, 0.5) is 5.00 Å². The number of anilines is 1. The Morgan fingerprint density at radius 2 is 1.93 bits per heavy atom. The molecule has 2 aromatic rings. The number of aliphatic carboxylic acids is 1. The molecule has 1 aliphatic carbocycles. The highest BCUT2D eigenvalue weighted by atomic mass is 35.5. The molecule has 6 nitrogen and oxygen atoms in total. The maximum atomic E-state index is 13.0. The quantitative estimate of drug-likeness (QED) is 0.577. The van der Waals surface area contributed by atoms with Gasteiger partial charge in [0.2, 0.25) is 5.91 Å². The first-order chi connectivity index (χ1) is 14.3. The van der Waals surface area contributed by atoms with E-state index in [1.165, 1.54) is 11.3 Å². The van der Waals surface area contributed by atoms with Gasteiger partial charge in [-0.05, 0) is 44.4 Å². The van der Waals surface area contributed by atoms with Crippen LogP contribution in [0.1, 0.15) is 47.8 Å². The Morgan fingerprint density at radius 1 is 1.23 bits per heavy atom. The van der Waals surface area contributed by atoms with Crippen molar-refractivity contribution in [3.05, 3.63) is 39.7 Å². The average molecular weight is 450 g/mol. The zero-order valence-electron chi connectivity index (χ0n) is 16.9. The second-order valence-electron chi connectivity index (χ2n) is 7.29. The topological polar surface area (TPSA) is 92.7 Å². The zero-order chi connectivity index (χ0) is 21.8. The number of carboxylic acids is 1. The highest BCUT2D eigenvalue weighted by Gasteiger charge is 2.37. The Labute approximate surface area is 184 Å². The summed E-state index contributed by atoms with van der Waals surface area (Å²) in [5.41, 5.74) is 1.69. The minimum atomic E-state index is -0.956. The number of carbonyl (C=O) groups excluding carboxylic acids is 2. The third-order valence-corrected chi connectivity index (χ3v) is 6.59. The zero-order valence-corrected chi connectivity index (χ0v) is 18.4. The van der Waals surface area contributed by atoms with Crippen LogP contribution in [-0.4, -0.2) is 29.6 Å². The molecule has 1 amide bonds. The van der Waals surface area contributed by atoms with Gasteiger partial charge < -0.3 is 15.2 Å². The molecule has 0 radical (unpaired) electrons. The fourth-order valence-corrected chi connectivity index (χ4v) is 5.22. The van der Waals surface area contributed by atoms with Crippen LogP contribution in [0.25, 0.3) is 11.1 Å². The minimum Gasteiger partial charge on any atom is -0.481 e. The van der Waals surface area contributed by atoms with E-state index in [-0.39, 0.29) is 18.1 Å². The molecule has 1 aromatic heterocycles. The maximum absolute atomic E-state index is 13.0. The Hall–Kier alpha value is -2.38. The van der Waals surface area contributed by atoms with Crippen molar-refractivity contribution in [1.29, 1.82) is 0 Å². The number of benzene rings is 1. The van der Waals surface area contributed by atoms with E-state index in [0.29, 0.717) is 28.4 Å². The van der Waals surface area contributed by atoms with Crippen molar-refractivity contribution < 1.29 is 24.2 Å². The van der Waals surface area contributed by atoms with Crippen molar-refractivity contribution in [1.82, 2.24) is 0 Å². The van der Waals surface area contributed by atoms with Crippen LogP contribution < -0.4 is 5.32 Å². The molecule has 1 aliphatic rings.